The van der Waals surface area contributed by atoms with Crippen molar-refractivity contribution in [2.45, 2.75) is 439 Å². The van der Waals surface area contributed by atoms with E-state index in [9.17, 15) is 0 Å². The lowest BCUT2D eigenvalue weighted by molar-refractivity contribution is 0.524. The van der Waals surface area contributed by atoms with Gasteiger partial charge in [0.25, 0.3) is 0 Å². The first kappa shape index (κ1) is 76.8. The largest absolute Gasteiger partial charge is 0.372 e. The van der Waals surface area contributed by atoms with E-state index in [0.717, 1.165) is 0 Å². The van der Waals surface area contributed by atoms with E-state index in [1.165, 1.54) is 448 Å². The standard InChI is InChI=1S/C78H152N2/c1-5-9-13-17-21-25-29-33-37-41-45-49-53-57-61-65-73-79(74-66-62-58-54-50-46-42-38-34-30-26-22-18-14-10-6-2)77-69-71-78(72-70-77)80(75-67-63-59-55-51-47-43-39-35-31-27-23-19-15-11-7-3)76-68-64-60-56-52-48-44-40-36-32-28-24-20-16-12-8-4/h69-72H,5-68,73-76H2,1-4H3. The first-order valence-corrected chi connectivity index (χ1v) is 38.4. The molecular formula is C78H152N2. The van der Waals surface area contributed by atoms with E-state index in [2.05, 4.69) is 61.8 Å². The summed E-state index contributed by atoms with van der Waals surface area (Å²) in [5.74, 6) is 0. The summed E-state index contributed by atoms with van der Waals surface area (Å²) < 4.78 is 0. The summed E-state index contributed by atoms with van der Waals surface area (Å²) in [7, 11) is 0. The Morgan fingerprint density at radius 3 is 0.362 bits per heavy atom. The minimum atomic E-state index is 1.23. The molecule has 2 heteroatoms. The number of rotatable bonds is 70. The van der Waals surface area contributed by atoms with Crippen molar-refractivity contribution in [2.75, 3.05) is 36.0 Å². The Kier molecular flexibility index (Phi) is 64.3. The second-order valence-electron chi connectivity index (χ2n) is 26.7. The molecule has 80 heavy (non-hydrogen) atoms. The van der Waals surface area contributed by atoms with Crippen LogP contribution >= 0.6 is 0 Å². The van der Waals surface area contributed by atoms with Crippen molar-refractivity contribution in [3.8, 4) is 0 Å². The van der Waals surface area contributed by atoms with Crippen molar-refractivity contribution in [1.29, 1.82) is 0 Å². The molecule has 474 valence electrons. The minimum absolute atomic E-state index is 1.23. The van der Waals surface area contributed by atoms with Crippen molar-refractivity contribution < 1.29 is 0 Å². The summed E-state index contributed by atoms with van der Waals surface area (Å²) in [6, 6.07) is 10.1. The van der Waals surface area contributed by atoms with E-state index in [-0.39, 0.29) is 0 Å². The maximum absolute atomic E-state index is 2.80. The molecule has 0 bridgehead atoms. The van der Waals surface area contributed by atoms with Gasteiger partial charge in [-0.1, -0.05) is 413 Å². The van der Waals surface area contributed by atoms with Gasteiger partial charge in [0.2, 0.25) is 0 Å². The van der Waals surface area contributed by atoms with Crippen LogP contribution in [0.25, 0.3) is 0 Å². The summed E-state index contributed by atoms with van der Waals surface area (Å²) in [5, 5.41) is 0. The van der Waals surface area contributed by atoms with Gasteiger partial charge in [-0.15, -0.1) is 0 Å². The third-order valence-corrected chi connectivity index (χ3v) is 18.7. The summed E-state index contributed by atoms with van der Waals surface area (Å²) in [6.45, 7) is 14.2. The molecule has 0 aliphatic heterocycles. The molecule has 0 atom stereocenters. The zero-order valence-corrected chi connectivity index (χ0v) is 56.3. The lowest BCUT2D eigenvalue weighted by Gasteiger charge is -2.28. The molecule has 0 N–H and O–H groups in total. The Morgan fingerprint density at radius 2 is 0.250 bits per heavy atom. The van der Waals surface area contributed by atoms with Gasteiger partial charge in [0.15, 0.2) is 0 Å². The number of unbranched alkanes of at least 4 members (excludes halogenated alkanes) is 60. The van der Waals surface area contributed by atoms with E-state index >= 15 is 0 Å². The first-order valence-electron chi connectivity index (χ1n) is 38.4. The zero-order chi connectivity index (χ0) is 57.2. The lowest BCUT2D eigenvalue weighted by Crippen LogP contribution is -2.27. The average molecular weight is 1120 g/mol. The van der Waals surface area contributed by atoms with E-state index < -0.39 is 0 Å². The van der Waals surface area contributed by atoms with E-state index in [0.29, 0.717) is 0 Å². The van der Waals surface area contributed by atoms with E-state index in [1.54, 1.807) is 0 Å². The highest BCUT2D eigenvalue weighted by Gasteiger charge is 2.11. The molecule has 1 rings (SSSR count). The number of benzene rings is 1. The van der Waals surface area contributed by atoms with Crippen LogP contribution < -0.4 is 9.80 Å². The Bertz CT molecular complexity index is 1070. The van der Waals surface area contributed by atoms with Gasteiger partial charge in [-0.3, -0.25) is 0 Å². The normalized spacial score (nSPS) is 11.7. The fourth-order valence-corrected chi connectivity index (χ4v) is 13.0. The van der Waals surface area contributed by atoms with Crippen LogP contribution in [0.15, 0.2) is 24.3 Å². The van der Waals surface area contributed by atoms with E-state index in [1.807, 2.05) is 0 Å². The second kappa shape index (κ2) is 67.0. The van der Waals surface area contributed by atoms with Gasteiger partial charge in [-0.25, -0.2) is 0 Å². The highest BCUT2D eigenvalue weighted by molar-refractivity contribution is 5.56. The summed E-state index contributed by atoms with van der Waals surface area (Å²) in [4.78, 5) is 5.60. The summed E-state index contributed by atoms with van der Waals surface area (Å²) >= 11 is 0. The minimum Gasteiger partial charge on any atom is -0.372 e. The Labute approximate surface area is 507 Å². The highest BCUT2D eigenvalue weighted by atomic mass is 15.1. The monoisotopic (exact) mass is 1120 g/mol. The van der Waals surface area contributed by atoms with Crippen LogP contribution in [0.4, 0.5) is 11.4 Å². The Morgan fingerprint density at radius 1 is 0.150 bits per heavy atom. The Balaban J connectivity index is 2.66. The van der Waals surface area contributed by atoms with E-state index in [4.69, 9.17) is 0 Å². The van der Waals surface area contributed by atoms with Crippen LogP contribution in [-0.2, 0) is 0 Å². The topological polar surface area (TPSA) is 6.48 Å². The number of hydrogen-bond acceptors (Lipinski definition) is 2. The van der Waals surface area contributed by atoms with Crippen molar-refractivity contribution >= 4 is 11.4 Å². The molecule has 0 saturated carbocycles. The maximum Gasteiger partial charge on any atom is 0.0367 e. The molecular weight excluding hydrogens is 965 g/mol. The zero-order valence-electron chi connectivity index (χ0n) is 56.3. The van der Waals surface area contributed by atoms with Gasteiger partial charge in [0.1, 0.15) is 0 Å². The fraction of sp³-hybridized carbons (Fsp3) is 0.923. The summed E-state index contributed by atoms with van der Waals surface area (Å²) in [5.41, 5.74) is 2.97. The van der Waals surface area contributed by atoms with Gasteiger partial charge in [0.05, 0.1) is 0 Å². The fourth-order valence-electron chi connectivity index (χ4n) is 13.0. The van der Waals surface area contributed by atoms with Crippen LogP contribution in [0, 0.1) is 0 Å². The van der Waals surface area contributed by atoms with Crippen LogP contribution in [-0.4, -0.2) is 26.2 Å². The molecule has 0 aliphatic rings. The SMILES string of the molecule is CCCCCCCCCCCCCCCCCCN(CCCCCCCCCCCCCCCCCC)c1ccc(N(CCCCCCCCCCCCCCCCCC)CCCCCCCCCCCCCCCCCC)cc1. The van der Waals surface area contributed by atoms with Crippen molar-refractivity contribution in [2.24, 2.45) is 0 Å². The molecule has 0 amide bonds. The summed E-state index contributed by atoms with van der Waals surface area (Å²) in [6.07, 6.45) is 92.4. The van der Waals surface area contributed by atoms with Crippen LogP contribution in [0.5, 0.6) is 0 Å². The van der Waals surface area contributed by atoms with Gasteiger partial charge in [-0.05, 0) is 49.9 Å². The molecule has 0 aromatic heterocycles. The third kappa shape index (κ3) is 56.0. The van der Waals surface area contributed by atoms with Crippen molar-refractivity contribution in [3.63, 3.8) is 0 Å². The predicted molar refractivity (Wildman–Crippen MR) is 369 cm³/mol. The molecule has 0 aliphatic carbocycles. The smallest absolute Gasteiger partial charge is 0.0367 e. The predicted octanol–water partition coefficient (Wildman–Crippen LogP) is 28.3. The molecule has 2 nitrogen and oxygen atoms in total. The van der Waals surface area contributed by atoms with Gasteiger partial charge in [-0.2, -0.15) is 0 Å². The van der Waals surface area contributed by atoms with Crippen molar-refractivity contribution in [1.82, 2.24) is 0 Å². The molecule has 0 radical (unpaired) electrons. The maximum atomic E-state index is 2.80. The number of anilines is 2. The van der Waals surface area contributed by atoms with Crippen molar-refractivity contribution in [3.05, 3.63) is 24.3 Å². The van der Waals surface area contributed by atoms with Crippen LogP contribution in [0.3, 0.4) is 0 Å². The Hall–Kier alpha value is -1.18. The van der Waals surface area contributed by atoms with Crippen LogP contribution in [0.1, 0.15) is 439 Å². The van der Waals surface area contributed by atoms with Gasteiger partial charge in [0, 0.05) is 37.6 Å². The van der Waals surface area contributed by atoms with Gasteiger partial charge >= 0.3 is 0 Å². The molecule has 0 spiro atoms. The quantitative estimate of drug-likeness (QED) is 0.0600. The molecule has 0 saturated heterocycles. The second-order valence-corrected chi connectivity index (χ2v) is 26.7. The molecule has 0 unspecified atom stereocenters. The third-order valence-electron chi connectivity index (χ3n) is 18.7. The lowest BCUT2D eigenvalue weighted by atomic mass is 10.0. The molecule has 1 aromatic rings. The average Bonchev–Trinajstić information content (AvgIpc) is 3.48. The molecule has 0 fully saturated rings. The first-order chi connectivity index (χ1) is 39.8. The molecule has 0 heterocycles. The number of hydrogen-bond donors (Lipinski definition) is 0. The number of nitrogens with zero attached hydrogens (tertiary/aromatic N) is 2. The highest BCUT2D eigenvalue weighted by Crippen LogP contribution is 2.25. The van der Waals surface area contributed by atoms with Crippen LogP contribution in [0.2, 0.25) is 0 Å². The van der Waals surface area contributed by atoms with Gasteiger partial charge < -0.3 is 9.80 Å². The molecule has 1 aromatic carbocycles.